The van der Waals surface area contributed by atoms with Crippen LogP contribution in [0.4, 0.5) is 0 Å². The van der Waals surface area contributed by atoms with Crippen molar-refractivity contribution >= 4 is 21.7 Å². The minimum atomic E-state index is 0.0269. The zero-order valence-electron chi connectivity index (χ0n) is 17.4. The number of halogens is 1. The van der Waals surface area contributed by atoms with Gasteiger partial charge in [0.25, 0.3) is 0 Å². The molecule has 0 spiro atoms. The quantitative estimate of drug-likeness (QED) is 0.542. The van der Waals surface area contributed by atoms with Gasteiger partial charge in [-0.05, 0) is 92.7 Å². The Kier molecular flexibility index (Phi) is 6.16. The minimum absolute atomic E-state index is 0.0269. The number of benzene rings is 2. The third-order valence-corrected chi connectivity index (χ3v) is 5.85. The second-order valence-electron chi connectivity index (χ2n) is 9.15. The van der Waals surface area contributed by atoms with Crippen molar-refractivity contribution in [3.05, 3.63) is 58.1 Å². The number of piperidine rings is 1. The first-order chi connectivity index (χ1) is 13.6. The SMILES string of the molecule is CC1(C)CC(CC(=O)c2ccc(Oc3ccccc3C#N)c(Br)c2)CC(C)(C)N1. The molecule has 0 unspecified atom stereocenters. The van der Waals surface area contributed by atoms with E-state index in [-0.39, 0.29) is 16.9 Å². The molecular formula is C24H27BrN2O2. The molecule has 1 saturated heterocycles. The third kappa shape index (κ3) is 5.46. The summed E-state index contributed by atoms with van der Waals surface area (Å²) in [4.78, 5) is 12.9. The number of Topliss-reactive ketones (excluding diaryl/α,β-unsaturated/α-hetero) is 1. The number of nitrogens with one attached hydrogen (secondary N) is 1. The average molecular weight is 455 g/mol. The Hall–Kier alpha value is -2.16. The molecule has 0 amide bonds. The first-order valence-electron chi connectivity index (χ1n) is 9.88. The molecule has 1 aliphatic rings. The molecule has 0 atom stereocenters. The largest absolute Gasteiger partial charge is 0.455 e. The molecule has 3 rings (SSSR count). The molecule has 1 fully saturated rings. The van der Waals surface area contributed by atoms with E-state index < -0.39 is 0 Å². The maximum atomic E-state index is 12.9. The number of hydrogen-bond donors (Lipinski definition) is 1. The van der Waals surface area contributed by atoms with Crippen LogP contribution in [0.25, 0.3) is 0 Å². The number of rotatable bonds is 5. The Bertz CT molecular complexity index is 944. The molecule has 0 bridgehead atoms. The Morgan fingerprint density at radius 1 is 1.14 bits per heavy atom. The van der Waals surface area contributed by atoms with Gasteiger partial charge in [0, 0.05) is 23.1 Å². The standard InChI is InChI=1S/C24H27BrN2O2/c1-23(2)13-16(14-24(3,4)27-23)11-20(28)17-9-10-22(19(25)12-17)29-21-8-6-5-7-18(21)15-26/h5-10,12,16,27H,11,13-14H2,1-4H3. The van der Waals surface area contributed by atoms with Gasteiger partial charge in [-0.2, -0.15) is 5.26 Å². The highest BCUT2D eigenvalue weighted by Gasteiger charge is 2.38. The van der Waals surface area contributed by atoms with Crippen LogP contribution in [0.2, 0.25) is 0 Å². The van der Waals surface area contributed by atoms with Crippen molar-refractivity contribution in [2.45, 2.75) is 58.0 Å². The van der Waals surface area contributed by atoms with E-state index in [0.717, 1.165) is 12.8 Å². The van der Waals surface area contributed by atoms with E-state index in [9.17, 15) is 10.1 Å². The molecule has 1 N–H and O–H groups in total. The van der Waals surface area contributed by atoms with Crippen molar-refractivity contribution in [3.63, 3.8) is 0 Å². The smallest absolute Gasteiger partial charge is 0.163 e. The van der Waals surface area contributed by atoms with Gasteiger partial charge in [0.15, 0.2) is 5.78 Å². The molecule has 0 saturated carbocycles. The molecule has 1 aliphatic heterocycles. The predicted octanol–water partition coefficient (Wildman–Crippen LogP) is 6.24. The Morgan fingerprint density at radius 3 is 2.41 bits per heavy atom. The van der Waals surface area contributed by atoms with Crippen LogP contribution in [0.1, 0.15) is 62.9 Å². The summed E-state index contributed by atoms with van der Waals surface area (Å²) in [6.07, 6.45) is 2.50. The van der Waals surface area contributed by atoms with E-state index in [0.29, 0.717) is 39.4 Å². The number of nitriles is 1. The summed E-state index contributed by atoms with van der Waals surface area (Å²) >= 11 is 3.51. The Morgan fingerprint density at radius 2 is 1.79 bits per heavy atom. The van der Waals surface area contributed by atoms with E-state index in [1.807, 2.05) is 12.1 Å². The second kappa shape index (κ2) is 8.30. The number of ketones is 1. The molecule has 1 heterocycles. The van der Waals surface area contributed by atoms with Gasteiger partial charge < -0.3 is 10.1 Å². The van der Waals surface area contributed by atoms with E-state index in [4.69, 9.17) is 4.74 Å². The van der Waals surface area contributed by atoms with Crippen molar-refractivity contribution in [2.75, 3.05) is 0 Å². The van der Waals surface area contributed by atoms with Crippen molar-refractivity contribution in [3.8, 4) is 17.6 Å². The lowest BCUT2D eigenvalue weighted by molar-refractivity contribution is 0.0864. The molecule has 152 valence electrons. The van der Waals surface area contributed by atoms with Gasteiger partial charge in [0.1, 0.15) is 17.6 Å². The summed E-state index contributed by atoms with van der Waals surface area (Å²) in [6, 6.07) is 14.6. The fourth-order valence-electron chi connectivity index (χ4n) is 4.58. The van der Waals surface area contributed by atoms with E-state index >= 15 is 0 Å². The maximum absolute atomic E-state index is 12.9. The zero-order chi connectivity index (χ0) is 21.2. The Labute approximate surface area is 181 Å². The van der Waals surface area contributed by atoms with Crippen LogP contribution < -0.4 is 10.1 Å². The van der Waals surface area contributed by atoms with Crippen molar-refractivity contribution in [2.24, 2.45) is 5.92 Å². The molecule has 2 aromatic rings. The first-order valence-corrected chi connectivity index (χ1v) is 10.7. The lowest BCUT2D eigenvalue weighted by atomic mass is 9.74. The molecule has 2 aromatic carbocycles. The highest BCUT2D eigenvalue weighted by atomic mass is 79.9. The summed E-state index contributed by atoms with van der Waals surface area (Å²) in [5.41, 5.74) is 1.20. The highest BCUT2D eigenvalue weighted by molar-refractivity contribution is 9.10. The van der Waals surface area contributed by atoms with E-state index in [2.05, 4.69) is 55.0 Å². The number of carbonyl (C=O) groups is 1. The number of ether oxygens (including phenoxy) is 1. The van der Waals surface area contributed by atoms with Crippen molar-refractivity contribution in [1.29, 1.82) is 5.26 Å². The van der Waals surface area contributed by atoms with Crippen LogP contribution in [0.15, 0.2) is 46.9 Å². The summed E-state index contributed by atoms with van der Waals surface area (Å²) in [6.45, 7) is 8.81. The highest BCUT2D eigenvalue weighted by Crippen LogP contribution is 2.36. The average Bonchev–Trinajstić information content (AvgIpc) is 2.61. The van der Waals surface area contributed by atoms with Crippen LogP contribution in [-0.4, -0.2) is 16.9 Å². The van der Waals surface area contributed by atoms with Gasteiger partial charge in [0.2, 0.25) is 0 Å². The minimum Gasteiger partial charge on any atom is -0.455 e. The fraction of sp³-hybridized carbons (Fsp3) is 0.417. The molecule has 29 heavy (non-hydrogen) atoms. The fourth-order valence-corrected chi connectivity index (χ4v) is 5.04. The van der Waals surface area contributed by atoms with Gasteiger partial charge in [-0.1, -0.05) is 12.1 Å². The predicted molar refractivity (Wildman–Crippen MR) is 118 cm³/mol. The Balaban J connectivity index is 1.73. The summed E-state index contributed by atoms with van der Waals surface area (Å²) < 4.78 is 6.58. The number of nitrogens with zero attached hydrogens (tertiary/aromatic N) is 1. The maximum Gasteiger partial charge on any atom is 0.163 e. The van der Waals surface area contributed by atoms with E-state index in [1.54, 1.807) is 30.3 Å². The lowest BCUT2D eigenvalue weighted by Crippen LogP contribution is -2.57. The topological polar surface area (TPSA) is 62.1 Å². The normalized spacial score (nSPS) is 18.1. The molecule has 0 radical (unpaired) electrons. The molecule has 4 nitrogen and oxygen atoms in total. The number of carbonyl (C=O) groups excluding carboxylic acids is 1. The van der Waals surface area contributed by atoms with E-state index in [1.165, 1.54) is 0 Å². The zero-order valence-corrected chi connectivity index (χ0v) is 19.0. The van der Waals surface area contributed by atoms with Crippen LogP contribution in [-0.2, 0) is 0 Å². The summed E-state index contributed by atoms with van der Waals surface area (Å²) in [5.74, 6) is 1.57. The second-order valence-corrected chi connectivity index (χ2v) is 10.0. The molecule has 5 heteroatoms. The van der Waals surface area contributed by atoms with Crippen LogP contribution >= 0.6 is 15.9 Å². The van der Waals surface area contributed by atoms with Crippen molar-refractivity contribution < 1.29 is 9.53 Å². The van der Waals surface area contributed by atoms with Gasteiger partial charge >= 0.3 is 0 Å². The monoisotopic (exact) mass is 454 g/mol. The van der Waals surface area contributed by atoms with Crippen LogP contribution in [0.3, 0.4) is 0 Å². The lowest BCUT2D eigenvalue weighted by Gasteiger charge is -2.46. The van der Waals surface area contributed by atoms with Crippen LogP contribution in [0.5, 0.6) is 11.5 Å². The van der Waals surface area contributed by atoms with Gasteiger partial charge in [-0.3, -0.25) is 4.79 Å². The summed E-state index contributed by atoms with van der Waals surface area (Å²) in [7, 11) is 0. The van der Waals surface area contributed by atoms with Gasteiger partial charge in [-0.15, -0.1) is 0 Å². The van der Waals surface area contributed by atoms with Crippen molar-refractivity contribution in [1.82, 2.24) is 5.32 Å². The third-order valence-electron chi connectivity index (χ3n) is 5.23. The first kappa shape index (κ1) is 21.5. The number of para-hydroxylation sites is 1. The summed E-state index contributed by atoms with van der Waals surface area (Å²) in [5, 5.41) is 12.9. The molecule has 0 aromatic heterocycles. The van der Waals surface area contributed by atoms with Gasteiger partial charge in [-0.25, -0.2) is 0 Å². The number of hydrogen-bond acceptors (Lipinski definition) is 4. The van der Waals surface area contributed by atoms with Crippen LogP contribution in [0, 0.1) is 17.2 Å². The molecule has 0 aliphatic carbocycles. The molecular weight excluding hydrogens is 428 g/mol. The van der Waals surface area contributed by atoms with Gasteiger partial charge in [0.05, 0.1) is 10.0 Å².